The maximum atomic E-state index is 12.4. The van der Waals surface area contributed by atoms with Gasteiger partial charge in [0.25, 0.3) is 40.5 Å². The fourth-order valence-corrected chi connectivity index (χ4v) is 7.28. The molecule has 300 valence electrons. The summed E-state index contributed by atoms with van der Waals surface area (Å²) in [5.41, 5.74) is 0.743. The number of nitrogens with zero attached hydrogens (tertiary/aromatic N) is 6. The fourth-order valence-electron chi connectivity index (χ4n) is 4.90. The molecule has 6 rings (SSSR count). The molecule has 0 aliphatic carbocycles. The zero-order chi connectivity index (χ0) is 41.9. The van der Waals surface area contributed by atoms with Crippen molar-refractivity contribution in [2.75, 3.05) is 21.3 Å². The van der Waals surface area contributed by atoms with Gasteiger partial charge in [-0.05, 0) is 83.9 Å². The third kappa shape index (κ3) is 10.7. The van der Waals surface area contributed by atoms with Gasteiger partial charge >= 0.3 is 0 Å². The second kappa shape index (κ2) is 16.1. The van der Waals surface area contributed by atoms with Crippen molar-refractivity contribution in [2.45, 2.75) is 19.6 Å². The molecule has 8 N–H and O–H groups in total. The van der Waals surface area contributed by atoms with Gasteiger partial charge in [-0.1, -0.05) is 24.3 Å². The average molecular weight is 871 g/mol. The second-order valence-corrected chi connectivity index (χ2v) is 17.2. The molecule has 0 bridgehead atoms. The molecule has 0 spiro atoms. The van der Waals surface area contributed by atoms with Gasteiger partial charge in [0.2, 0.25) is 23.8 Å². The molecule has 6 aromatic rings. The Morgan fingerprint density at radius 2 is 0.690 bits per heavy atom. The van der Waals surface area contributed by atoms with E-state index < -0.39 is 50.3 Å². The van der Waals surface area contributed by atoms with Crippen LogP contribution in [0.4, 0.5) is 46.5 Å². The molecule has 4 aromatic carbocycles. The Bertz CT molecular complexity index is 2810. The third-order valence-electron chi connectivity index (χ3n) is 7.50. The predicted octanol–water partition coefficient (Wildman–Crippen LogP) is 4.19. The van der Waals surface area contributed by atoms with E-state index in [4.69, 9.17) is 9.11 Å². The molecule has 0 saturated heterocycles. The first kappa shape index (κ1) is 41.1. The van der Waals surface area contributed by atoms with Crippen LogP contribution in [0.5, 0.6) is 0 Å². The van der Waals surface area contributed by atoms with Crippen molar-refractivity contribution in [1.29, 1.82) is 0 Å². The van der Waals surface area contributed by atoms with Crippen molar-refractivity contribution in [3.05, 3.63) is 109 Å². The first-order valence-corrected chi connectivity index (χ1v) is 21.5. The molecule has 2 aromatic heterocycles. The van der Waals surface area contributed by atoms with E-state index in [0.717, 1.165) is 49.1 Å². The highest BCUT2D eigenvalue weighted by Crippen LogP contribution is 2.28. The lowest BCUT2D eigenvalue weighted by atomic mass is 10.1. The van der Waals surface area contributed by atoms with Crippen LogP contribution in [0.2, 0.25) is 0 Å². The average Bonchev–Trinajstić information content (AvgIpc) is 3.14. The minimum absolute atomic E-state index is 0.00167. The van der Waals surface area contributed by atoms with Crippen LogP contribution in [0.15, 0.2) is 117 Å². The lowest BCUT2D eigenvalue weighted by Crippen LogP contribution is -2.06. The highest BCUT2D eigenvalue weighted by atomic mass is 32.2. The first-order valence-electron chi connectivity index (χ1n) is 15.7. The number of hydrogen-bond donors (Lipinski definition) is 8. The van der Waals surface area contributed by atoms with Crippen molar-refractivity contribution in [2.24, 2.45) is 0 Å². The molecule has 0 saturated carbocycles. The largest absolute Gasteiger partial charge is 0.324 e. The Balaban J connectivity index is 1.19. The van der Waals surface area contributed by atoms with Crippen LogP contribution in [0, 0.1) is 0 Å². The van der Waals surface area contributed by atoms with Gasteiger partial charge in [-0.25, -0.2) is 19.9 Å². The predicted molar refractivity (Wildman–Crippen MR) is 207 cm³/mol. The molecule has 0 aliphatic rings. The van der Waals surface area contributed by atoms with E-state index in [2.05, 4.69) is 51.2 Å². The number of benzene rings is 4. The van der Waals surface area contributed by atoms with Crippen LogP contribution >= 0.6 is 0 Å². The standard InChI is InChI=1S/C32H26N10O12S4/c43-55(44,45)25-11-7-21(8-12-25)37-29-33-17-35-31(41-29)39-23-5-3-19(27(15-23)57(49,50)51)1-2-20-4-6-24(16-28(20)58(52,53)54)40-32-36-18-34-30(42-32)38-22-9-13-26(14-10-22)56(46,47)48/h1-18H,(H,43,44,45)(H,46,47,48)(H,49,50,51)(H,52,53,54)(H2,33,35,37,39,41)(H2,34,36,38,40,42)/b2-1+. The van der Waals surface area contributed by atoms with E-state index in [-0.39, 0.29) is 56.1 Å². The monoisotopic (exact) mass is 870 g/mol. The normalized spacial score (nSPS) is 12.3. The summed E-state index contributed by atoms with van der Waals surface area (Å²) in [5, 5.41) is 11.2. The Morgan fingerprint density at radius 1 is 0.397 bits per heavy atom. The van der Waals surface area contributed by atoms with Crippen LogP contribution in [0.25, 0.3) is 12.2 Å². The van der Waals surface area contributed by atoms with Crippen LogP contribution < -0.4 is 21.3 Å². The van der Waals surface area contributed by atoms with Crippen molar-refractivity contribution in [3.63, 3.8) is 0 Å². The molecule has 0 radical (unpaired) electrons. The lowest BCUT2D eigenvalue weighted by Gasteiger charge is -2.11. The Labute approximate surface area is 329 Å². The molecule has 0 fully saturated rings. The maximum absolute atomic E-state index is 12.4. The molecule has 2 heterocycles. The summed E-state index contributed by atoms with van der Waals surface area (Å²) < 4.78 is 133. The quantitative estimate of drug-likeness (QED) is 0.0562. The summed E-state index contributed by atoms with van der Waals surface area (Å²) in [5.74, 6) is -0.134. The zero-order valence-electron chi connectivity index (χ0n) is 28.8. The SMILES string of the molecule is O=S(=O)(O)c1ccc(Nc2ncnc(Nc3ccc(/C=C/c4ccc(Nc5ncnc(Nc6ccc(S(=O)(=O)O)cc6)n5)cc4S(=O)(=O)O)c(S(=O)(=O)O)c3)n2)cc1. The topological polar surface area (TPSA) is 343 Å². The second-order valence-electron chi connectivity index (χ2n) is 11.6. The zero-order valence-corrected chi connectivity index (χ0v) is 32.0. The van der Waals surface area contributed by atoms with Crippen LogP contribution in [0.1, 0.15) is 11.1 Å². The highest BCUT2D eigenvalue weighted by molar-refractivity contribution is 7.86. The van der Waals surface area contributed by atoms with Crippen LogP contribution in [0.3, 0.4) is 0 Å². The summed E-state index contributed by atoms with van der Waals surface area (Å²) in [7, 11) is -18.6. The summed E-state index contributed by atoms with van der Waals surface area (Å²) in [6, 6.07) is 17.5. The van der Waals surface area contributed by atoms with E-state index in [1.54, 1.807) is 0 Å². The number of aromatic nitrogens is 6. The van der Waals surface area contributed by atoms with Gasteiger partial charge in [0, 0.05) is 22.7 Å². The molecule has 0 atom stereocenters. The highest BCUT2D eigenvalue weighted by Gasteiger charge is 2.19. The molecular weight excluding hydrogens is 845 g/mol. The minimum Gasteiger partial charge on any atom is -0.324 e. The van der Waals surface area contributed by atoms with Crippen molar-refractivity contribution < 1.29 is 51.9 Å². The van der Waals surface area contributed by atoms with E-state index in [9.17, 15) is 42.8 Å². The summed E-state index contributed by atoms with van der Waals surface area (Å²) in [6.07, 6.45) is 4.62. The van der Waals surface area contributed by atoms with Gasteiger partial charge in [0.15, 0.2) is 0 Å². The number of rotatable bonds is 14. The lowest BCUT2D eigenvalue weighted by molar-refractivity contribution is 0.480. The van der Waals surface area contributed by atoms with Gasteiger partial charge < -0.3 is 21.3 Å². The third-order valence-corrected chi connectivity index (χ3v) is 11.1. The first-order chi connectivity index (χ1) is 27.2. The van der Waals surface area contributed by atoms with Crippen LogP contribution in [-0.2, 0) is 40.5 Å². The molecular formula is C32H26N10O12S4. The maximum Gasteiger partial charge on any atom is 0.295 e. The number of anilines is 8. The Kier molecular flexibility index (Phi) is 11.5. The van der Waals surface area contributed by atoms with Gasteiger partial charge in [0.1, 0.15) is 22.4 Å². The van der Waals surface area contributed by atoms with E-state index in [1.165, 1.54) is 60.7 Å². The molecule has 0 aliphatic heterocycles. The van der Waals surface area contributed by atoms with Gasteiger partial charge in [-0.3, -0.25) is 18.2 Å². The van der Waals surface area contributed by atoms with Gasteiger partial charge in [-0.15, -0.1) is 0 Å². The van der Waals surface area contributed by atoms with Gasteiger partial charge in [0.05, 0.1) is 9.79 Å². The van der Waals surface area contributed by atoms with E-state index in [1.807, 2.05) is 0 Å². The smallest absolute Gasteiger partial charge is 0.295 e. The molecule has 0 unspecified atom stereocenters. The molecule has 0 amide bonds. The minimum atomic E-state index is -4.88. The fraction of sp³-hybridized carbons (Fsp3) is 0. The van der Waals surface area contributed by atoms with Crippen molar-refractivity contribution in [3.8, 4) is 0 Å². The number of hydrogen-bond acceptors (Lipinski definition) is 18. The van der Waals surface area contributed by atoms with E-state index in [0.29, 0.717) is 11.4 Å². The summed E-state index contributed by atoms with van der Waals surface area (Å²) >= 11 is 0. The Morgan fingerprint density at radius 3 is 0.983 bits per heavy atom. The summed E-state index contributed by atoms with van der Waals surface area (Å²) in [6.45, 7) is 0. The van der Waals surface area contributed by atoms with Crippen molar-refractivity contribution in [1.82, 2.24) is 29.9 Å². The number of nitrogens with one attached hydrogen (secondary N) is 4. The molecule has 26 heteroatoms. The summed E-state index contributed by atoms with van der Waals surface area (Å²) in [4.78, 5) is 22.3. The van der Waals surface area contributed by atoms with Crippen LogP contribution in [-0.4, -0.2) is 81.8 Å². The van der Waals surface area contributed by atoms with E-state index >= 15 is 0 Å². The van der Waals surface area contributed by atoms with Gasteiger partial charge in [-0.2, -0.15) is 43.6 Å². The Hall–Kier alpha value is -6.52. The molecule has 22 nitrogen and oxygen atoms in total. The molecule has 58 heavy (non-hydrogen) atoms. The van der Waals surface area contributed by atoms with Crippen molar-refractivity contribution >= 4 is 99.2 Å².